The fraction of sp³-hybridized carbons (Fsp3) is 0.526. The molecule has 0 aliphatic rings. The first-order valence-corrected chi connectivity index (χ1v) is 10.4. The first kappa shape index (κ1) is 23.5. The summed E-state index contributed by atoms with van der Waals surface area (Å²) in [4.78, 5) is 12.3. The van der Waals surface area contributed by atoms with Crippen molar-refractivity contribution in [2.24, 2.45) is 0 Å². The summed E-state index contributed by atoms with van der Waals surface area (Å²) < 4.78 is 57.6. The number of alkyl halides is 2. The Labute approximate surface area is 159 Å². The highest BCUT2D eigenvalue weighted by atomic mass is 31.2. The molecule has 0 heterocycles. The van der Waals surface area contributed by atoms with Crippen molar-refractivity contribution in [2.45, 2.75) is 52.3 Å². The van der Waals surface area contributed by atoms with E-state index in [1.54, 1.807) is 24.3 Å². The van der Waals surface area contributed by atoms with E-state index in [2.05, 4.69) is 0 Å². The Kier molecular flexibility index (Phi) is 9.30. The third-order valence-corrected chi connectivity index (χ3v) is 5.81. The second kappa shape index (κ2) is 10.7. The molecule has 27 heavy (non-hydrogen) atoms. The Morgan fingerprint density at radius 3 is 2.19 bits per heavy atom. The molecule has 0 aliphatic heterocycles. The zero-order valence-corrected chi connectivity index (χ0v) is 17.0. The highest BCUT2D eigenvalue weighted by molar-refractivity contribution is 7.55. The Morgan fingerprint density at radius 1 is 1.15 bits per heavy atom. The summed E-state index contributed by atoms with van der Waals surface area (Å²) in [7, 11) is -4.82. The van der Waals surface area contributed by atoms with Crippen LogP contribution >= 0.6 is 7.60 Å². The highest BCUT2D eigenvalue weighted by Gasteiger charge is 2.60. The fourth-order valence-electron chi connectivity index (χ4n) is 2.32. The fourth-order valence-corrected chi connectivity index (χ4v) is 3.96. The van der Waals surface area contributed by atoms with Crippen molar-refractivity contribution in [2.75, 3.05) is 13.2 Å². The zero-order chi connectivity index (χ0) is 20.5. The molecule has 0 aromatic heterocycles. The Hall–Kier alpha value is -1.56. The van der Waals surface area contributed by atoms with Gasteiger partial charge in [-0.25, -0.2) is 4.79 Å². The van der Waals surface area contributed by atoms with Gasteiger partial charge in [-0.1, -0.05) is 29.8 Å². The van der Waals surface area contributed by atoms with Crippen molar-refractivity contribution >= 4 is 13.6 Å². The van der Waals surface area contributed by atoms with Gasteiger partial charge < -0.3 is 13.8 Å². The van der Waals surface area contributed by atoms with Gasteiger partial charge in [0.1, 0.15) is 0 Å². The molecule has 1 aromatic carbocycles. The van der Waals surface area contributed by atoms with E-state index in [1.165, 1.54) is 26.0 Å². The summed E-state index contributed by atoms with van der Waals surface area (Å²) in [5.41, 5.74) is -2.92. The molecule has 0 aliphatic carbocycles. The first-order chi connectivity index (χ1) is 12.7. The SMILES string of the molecule is CCOP(=O)(OCC)C(F)(F)C(CCC=C(C)C)OC(=O)c1ccccc1. The number of halogens is 2. The average molecular weight is 404 g/mol. The summed E-state index contributed by atoms with van der Waals surface area (Å²) in [5, 5.41) is 0. The Balaban J connectivity index is 3.15. The molecule has 1 rings (SSSR count). The lowest BCUT2D eigenvalue weighted by atomic mass is 10.1. The normalized spacial score (nSPS) is 13.1. The van der Waals surface area contributed by atoms with Gasteiger partial charge in [-0.3, -0.25) is 4.57 Å². The lowest BCUT2D eigenvalue weighted by Gasteiger charge is -2.31. The summed E-state index contributed by atoms with van der Waals surface area (Å²) in [5.74, 6) is -0.919. The third-order valence-electron chi connectivity index (χ3n) is 3.59. The lowest BCUT2D eigenvalue weighted by molar-refractivity contribution is -0.0799. The van der Waals surface area contributed by atoms with Crippen LogP contribution in [0.5, 0.6) is 0 Å². The number of rotatable bonds is 11. The van der Waals surface area contributed by atoms with Crippen LogP contribution in [0, 0.1) is 0 Å². The monoisotopic (exact) mass is 404 g/mol. The van der Waals surface area contributed by atoms with Gasteiger partial charge >= 0.3 is 19.2 Å². The maximum Gasteiger partial charge on any atom is 0.403 e. The smallest absolute Gasteiger partial charge is 0.403 e. The van der Waals surface area contributed by atoms with E-state index < -0.39 is 25.3 Å². The van der Waals surface area contributed by atoms with E-state index in [0.717, 1.165) is 5.57 Å². The summed E-state index contributed by atoms with van der Waals surface area (Å²) >= 11 is 0. The number of hydrogen-bond acceptors (Lipinski definition) is 5. The largest absolute Gasteiger partial charge is 0.452 e. The second-order valence-electron chi connectivity index (χ2n) is 6.04. The van der Waals surface area contributed by atoms with Crippen LogP contribution < -0.4 is 0 Å². The maximum absolute atomic E-state index is 15.1. The van der Waals surface area contributed by atoms with Crippen molar-refractivity contribution in [1.82, 2.24) is 0 Å². The van der Waals surface area contributed by atoms with Gasteiger partial charge in [-0.15, -0.1) is 0 Å². The van der Waals surface area contributed by atoms with Crippen LogP contribution in [-0.2, 0) is 18.3 Å². The molecule has 0 amide bonds. The van der Waals surface area contributed by atoms with Gasteiger partial charge in [0.2, 0.25) is 0 Å². The van der Waals surface area contributed by atoms with Crippen LogP contribution in [0.25, 0.3) is 0 Å². The van der Waals surface area contributed by atoms with Crippen LogP contribution in [0.3, 0.4) is 0 Å². The van der Waals surface area contributed by atoms with Gasteiger partial charge in [0.05, 0.1) is 18.8 Å². The molecule has 0 N–H and O–H groups in total. The van der Waals surface area contributed by atoms with E-state index in [1.807, 2.05) is 13.8 Å². The van der Waals surface area contributed by atoms with E-state index in [4.69, 9.17) is 13.8 Å². The number of carbonyl (C=O) groups is 1. The summed E-state index contributed by atoms with van der Waals surface area (Å²) in [6.45, 7) is 6.09. The van der Waals surface area contributed by atoms with Crippen LogP contribution in [0.15, 0.2) is 42.0 Å². The molecule has 5 nitrogen and oxygen atoms in total. The molecule has 0 saturated carbocycles. The molecule has 152 valence electrons. The Morgan fingerprint density at radius 2 is 1.70 bits per heavy atom. The minimum atomic E-state index is -4.82. The van der Waals surface area contributed by atoms with Crippen molar-refractivity contribution in [3.8, 4) is 0 Å². The molecule has 1 aromatic rings. The molecular formula is C19H27F2O5P. The minimum Gasteiger partial charge on any atom is -0.452 e. The molecule has 1 atom stereocenters. The minimum absolute atomic E-state index is 0.128. The average Bonchev–Trinajstić information content (AvgIpc) is 2.61. The number of hydrogen-bond donors (Lipinski definition) is 0. The van der Waals surface area contributed by atoms with Gasteiger partial charge in [-0.05, 0) is 52.7 Å². The van der Waals surface area contributed by atoms with Crippen LogP contribution in [-0.4, -0.2) is 31.0 Å². The first-order valence-electron chi connectivity index (χ1n) is 8.84. The van der Waals surface area contributed by atoms with Gasteiger partial charge in [0, 0.05) is 0 Å². The van der Waals surface area contributed by atoms with Crippen molar-refractivity contribution in [1.29, 1.82) is 0 Å². The zero-order valence-electron chi connectivity index (χ0n) is 16.1. The summed E-state index contributed by atoms with van der Waals surface area (Å²) in [6, 6.07) is 7.79. The lowest BCUT2D eigenvalue weighted by Crippen LogP contribution is -2.38. The van der Waals surface area contributed by atoms with E-state index in [-0.39, 0.29) is 31.6 Å². The van der Waals surface area contributed by atoms with Gasteiger partial charge in [0.15, 0.2) is 6.10 Å². The highest BCUT2D eigenvalue weighted by Crippen LogP contribution is 2.64. The van der Waals surface area contributed by atoms with Crippen LogP contribution in [0.2, 0.25) is 0 Å². The van der Waals surface area contributed by atoms with Crippen molar-refractivity contribution in [3.63, 3.8) is 0 Å². The van der Waals surface area contributed by atoms with Crippen LogP contribution in [0.1, 0.15) is 50.9 Å². The molecule has 0 spiro atoms. The number of ether oxygens (including phenoxy) is 1. The standard InChI is InChI=1S/C19H27F2O5P/c1-5-24-27(23,25-6-2)19(20,21)17(14-10-11-15(3)4)26-18(22)16-12-8-7-9-13-16/h7-9,11-13,17H,5-6,10,14H2,1-4H3. The van der Waals surface area contributed by atoms with Crippen molar-refractivity contribution in [3.05, 3.63) is 47.5 Å². The molecule has 0 saturated heterocycles. The Bertz CT molecular complexity index is 662. The number of benzene rings is 1. The molecule has 0 bridgehead atoms. The topological polar surface area (TPSA) is 61.8 Å². The third kappa shape index (κ3) is 6.52. The van der Waals surface area contributed by atoms with Crippen LogP contribution in [0.4, 0.5) is 8.78 Å². The number of carbonyl (C=O) groups excluding carboxylic acids is 1. The van der Waals surface area contributed by atoms with E-state index in [9.17, 15) is 9.36 Å². The number of allylic oxidation sites excluding steroid dienone is 2. The summed E-state index contributed by atoms with van der Waals surface area (Å²) in [6.07, 6.45) is -0.208. The predicted molar refractivity (Wildman–Crippen MR) is 100 cm³/mol. The molecule has 0 fully saturated rings. The number of esters is 1. The predicted octanol–water partition coefficient (Wildman–Crippen LogP) is 5.82. The molecule has 0 radical (unpaired) electrons. The molecular weight excluding hydrogens is 377 g/mol. The van der Waals surface area contributed by atoms with Gasteiger partial charge in [-0.2, -0.15) is 8.78 Å². The molecule has 8 heteroatoms. The van der Waals surface area contributed by atoms with Gasteiger partial charge in [0.25, 0.3) is 0 Å². The van der Waals surface area contributed by atoms with E-state index >= 15 is 8.78 Å². The van der Waals surface area contributed by atoms with E-state index in [0.29, 0.717) is 0 Å². The quantitative estimate of drug-likeness (QED) is 0.264. The second-order valence-corrected chi connectivity index (χ2v) is 8.15. The maximum atomic E-state index is 15.1. The van der Waals surface area contributed by atoms with Crippen molar-refractivity contribution < 1.29 is 31.9 Å². The molecule has 1 unspecified atom stereocenters.